The van der Waals surface area contributed by atoms with Crippen molar-refractivity contribution >= 4 is 27.2 Å². The smallest absolute Gasteiger partial charge is 0.319 e. The molecule has 9 nitrogen and oxygen atoms in total. The van der Waals surface area contributed by atoms with E-state index >= 15 is 0 Å². The minimum atomic E-state index is -3.18. The molecule has 22 heavy (non-hydrogen) atoms. The highest BCUT2D eigenvalue weighted by atomic mass is 32.2. The van der Waals surface area contributed by atoms with Crippen LogP contribution in [0.5, 0.6) is 5.75 Å². The predicted molar refractivity (Wildman–Crippen MR) is 78.6 cm³/mol. The molecule has 2 rings (SSSR count). The van der Waals surface area contributed by atoms with E-state index in [-0.39, 0.29) is 35.1 Å². The third-order valence-corrected chi connectivity index (χ3v) is 5.26. The molecule has 1 aromatic rings. The number of aromatic hydroxyl groups is 1. The molecule has 1 atom stereocenters. The molecule has 0 bridgehead atoms. The maximum absolute atomic E-state index is 11.9. The van der Waals surface area contributed by atoms with Crippen LogP contribution in [-0.2, 0) is 9.84 Å². The van der Waals surface area contributed by atoms with Crippen LogP contribution in [0.1, 0.15) is 13.3 Å². The summed E-state index contributed by atoms with van der Waals surface area (Å²) in [7, 11) is -3.18. The molecule has 1 fully saturated rings. The molecular weight excluding hydrogens is 314 g/mol. The molecule has 0 aromatic heterocycles. The number of nitrogens with zero attached hydrogens (tertiary/aromatic N) is 1. The quantitative estimate of drug-likeness (QED) is 0.429. The number of carbonyl (C=O) groups is 1. The van der Waals surface area contributed by atoms with E-state index in [1.807, 2.05) is 0 Å². The molecule has 0 radical (unpaired) electrons. The van der Waals surface area contributed by atoms with Crippen molar-refractivity contribution in [1.29, 1.82) is 0 Å². The average Bonchev–Trinajstić information content (AvgIpc) is 2.65. The van der Waals surface area contributed by atoms with Crippen LogP contribution >= 0.6 is 0 Å². The fourth-order valence-corrected chi connectivity index (χ4v) is 4.37. The highest BCUT2D eigenvalue weighted by Gasteiger charge is 2.39. The van der Waals surface area contributed by atoms with Crippen molar-refractivity contribution in [2.24, 2.45) is 0 Å². The van der Waals surface area contributed by atoms with E-state index in [0.717, 1.165) is 18.2 Å². The monoisotopic (exact) mass is 329 g/mol. The summed E-state index contributed by atoms with van der Waals surface area (Å²) in [6, 6.07) is 2.47. The van der Waals surface area contributed by atoms with Crippen molar-refractivity contribution in [2.75, 3.05) is 16.8 Å². The summed E-state index contributed by atoms with van der Waals surface area (Å²) in [6.07, 6.45) is 0.281. The molecule has 0 aliphatic carbocycles. The molecule has 1 heterocycles. The maximum atomic E-state index is 11.9. The molecule has 0 spiro atoms. The lowest BCUT2D eigenvalue weighted by molar-refractivity contribution is -0.384. The third kappa shape index (κ3) is 3.64. The number of carbonyl (C=O) groups excluding carboxylic acids is 1. The minimum Gasteiger partial charge on any atom is -0.506 e. The third-order valence-electron chi connectivity index (χ3n) is 3.36. The number of non-ortho nitro benzene ring substituents is 1. The topological polar surface area (TPSA) is 139 Å². The lowest BCUT2D eigenvalue weighted by Crippen LogP contribution is -2.48. The number of sulfone groups is 1. The van der Waals surface area contributed by atoms with Gasteiger partial charge in [0, 0.05) is 12.1 Å². The van der Waals surface area contributed by atoms with Gasteiger partial charge < -0.3 is 15.7 Å². The van der Waals surface area contributed by atoms with Crippen LogP contribution in [0, 0.1) is 10.1 Å². The molecule has 3 N–H and O–H groups in total. The summed E-state index contributed by atoms with van der Waals surface area (Å²) >= 11 is 0. The molecule has 1 aliphatic rings. The Morgan fingerprint density at radius 1 is 1.45 bits per heavy atom. The molecule has 0 unspecified atom stereocenters. The Balaban J connectivity index is 2.10. The van der Waals surface area contributed by atoms with E-state index in [0.29, 0.717) is 0 Å². The van der Waals surface area contributed by atoms with Crippen molar-refractivity contribution in [3.8, 4) is 5.75 Å². The van der Waals surface area contributed by atoms with Gasteiger partial charge in [-0.3, -0.25) is 10.1 Å². The van der Waals surface area contributed by atoms with Gasteiger partial charge in [0.1, 0.15) is 5.75 Å². The van der Waals surface area contributed by atoms with Gasteiger partial charge in [-0.05, 0) is 19.4 Å². The second-order valence-electron chi connectivity index (χ2n) is 5.44. The first-order valence-corrected chi connectivity index (χ1v) is 8.19. The summed E-state index contributed by atoms with van der Waals surface area (Å²) in [5.74, 6) is -0.509. The van der Waals surface area contributed by atoms with Gasteiger partial charge >= 0.3 is 6.03 Å². The summed E-state index contributed by atoms with van der Waals surface area (Å²) in [6.45, 7) is 1.60. The second-order valence-corrected chi connectivity index (χ2v) is 7.62. The molecule has 120 valence electrons. The number of amides is 2. The van der Waals surface area contributed by atoms with Gasteiger partial charge in [0.05, 0.1) is 27.7 Å². The minimum absolute atomic E-state index is 0.00810. The number of hydrogen-bond donors (Lipinski definition) is 3. The second kappa shape index (κ2) is 5.44. The number of phenols is 1. The molecule has 10 heteroatoms. The Labute approximate surface area is 126 Å². The number of urea groups is 1. The van der Waals surface area contributed by atoms with E-state index in [9.17, 15) is 28.4 Å². The summed E-state index contributed by atoms with van der Waals surface area (Å²) in [5.41, 5.74) is -1.32. The van der Waals surface area contributed by atoms with Gasteiger partial charge in [-0.25, -0.2) is 13.2 Å². The Kier molecular flexibility index (Phi) is 3.96. The average molecular weight is 329 g/mol. The molecule has 2 amide bonds. The first-order valence-electron chi connectivity index (χ1n) is 6.37. The summed E-state index contributed by atoms with van der Waals surface area (Å²) < 4.78 is 22.9. The first-order chi connectivity index (χ1) is 10.1. The molecule has 1 aromatic carbocycles. The van der Waals surface area contributed by atoms with Crippen molar-refractivity contribution in [2.45, 2.75) is 18.9 Å². The number of hydrogen-bond acceptors (Lipinski definition) is 6. The van der Waals surface area contributed by atoms with Gasteiger partial charge in [0.25, 0.3) is 5.69 Å². The SMILES string of the molecule is C[C@]1(NC(=O)Nc2cc([N+](=O)[O-])ccc2O)CCS(=O)(=O)C1. The highest BCUT2D eigenvalue weighted by Crippen LogP contribution is 2.28. The zero-order valence-corrected chi connectivity index (χ0v) is 12.5. The molecule has 0 saturated carbocycles. The number of phenolic OH excluding ortho intramolecular Hbond substituents is 1. The van der Waals surface area contributed by atoms with Crippen molar-refractivity contribution in [1.82, 2.24) is 5.32 Å². The number of nitro groups is 1. The highest BCUT2D eigenvalue weighted by molar-refractivity contribution is 7.91. The zero-order valence-electron chi connectivity index (χ0n) is 11.7. The van der Waals surface area contributed by atoms with Gasteiger partial charge in [-0.2, -0.15) is 0 Å². The van der Waals surface area contributed by atoms with Crippen molar-refractivity contribution < 1.29 is 23.2 Å². The van der Waals surface area contributed by atoms with Gasteiger partial charge in [-0.1, -0.05) is 0 Å². The van der Waals surface area contributed by atoms with Crippen LogP contribution in [0.4, 0.5) is 16.2 Å². The van der Waals surface area contributed by atoms with E-state index < -0.39 is 26.3 Å². The Morgan fingerprint density at radius 2 is 2.14 bits per heavy atom. The number of nitrogens with one attached hydrogen (secondary N) is 2. The largest absolute Gasteiger partial charge is 0.506 e. The van der Waals surface area contributed by atoms with Crippen LogP contribution in [-0.4, -0.2) is 41.5 Å². The fourth-order valence-electron chi connectivity index (χ4n) is 2.27. The number of nitro benzene ring substituents is 1. The lowest BCUT2D eigenvalue weighted by atomic mass is 10.0. The number of anilines is 1. The number of benzene rings is 1. The van der Waals surface area contributed by atoms with Gasteiger partial charge in [0.15, 0.2) is 9.84 Å². The van der Waals surface area contributed by atoms with E-state index in [1.165, 1.54) is 0 Å². The molecular formula is C12H15N3O6S. The van der Waals surface area contributed by atoms with Gasteiger partial charge in [-0.15, -0.1) is 0 Å². The van der Waals surface area contributed by atoms with E-state index in [2.05, 4.69) is 10.6 Å². The van der Waals surface area contributed by atoms with E-state index in [1.54, 1.807) is 6.92 Å². The summed E-state index contributed by atoms with van der Waals surface area (Å²) in [4.78, 5) is 21.9. The van der Waals surface area contributed by atoms with Crippen molar-refractivity contribution in [3.63, 3.8) is 0 Å². The summed E-state index contributed by atoms with van der Waals surface area (Å²) in [5, 5.41) is 25.1. The Morgan fingerprint density at radius 3 is 2.68 bits per heavy atom. The molecule has 1 saturated heterocycles. The predicted octanol–water partition coefficient (Wildman–Crippen LogP) is 0.999. The van der Waals surface area contributed by atoms with Crippen LogP contribution < -0.4 is 10.6 Å². The van der Waals surface area contributed by atoms with Crippen LogP contribution in [0.3, 0.4) is 0 Å². The zero-order chi connectivity index (χ0) is 16.5. The lowest BCUT2D eigenvalue weighted by Gasteiger charge is -2.24. The van der Waals surface area contributed by atoms with Crippen LogP contribution in [0.2, 0.25) is 0 Å². The Hall–Kier alpha value is -2.36. The number of rotatable bonds is 3. The maximum Gasteiger partial charge on any atom is 0.319 e. The van der Waals surface area contributed by atoms with E-state index in [4.69, 9.17) is 0 Å². The normalized spacial score (nSPS) is 23.0. The Bertz CT molecular complexity index is 732. The van der Waals surface area contributed by atoms with Gasteiger partial charge in [0.2, 0.25) is 0 Å². The fraction of sp³-hybridized carbons (Fsp3) is 0.417. The van der Waals surface area contributed by atoms with Crippen LogP contribution in [0.25, 0.3) is 0 Å². The standard InChI is InChI=1S/C12H15N3O6S/c1-12(4-5-22(20,21)7-12)14-11(17)13-9-6-8(15(18)19)2-3-10(9)16/h2-3,6,16H,4-5,7H2,1H3,(H2,13,14,17)/t12-/m0/s1. The van der Waals surface area contributed by atoms with Crippen molar-refractivity contribution in [3.05, 3.63) is 28.3 Å². The van der Waals surface area contributed by atoms with Crippen LogP contribution in [0.15, 0.2) is 18.2 Å². The molecule has 1 aliphatic heterocycles. The first kappa shape index (κ1) is 16.0.